The Bertz CT molecular complexity index is 2960. The van der Waals surface area contributed by atoms with Gasteiger partial charge in [0.05, 0.1) is 23.9 Å². The molecule has 0 aliphatic carbocycles. The van der Waals surface area contributed by atoms with Crippen molar-refractivity contribution in [3.63, 3.8) is 0 Å². The molecule has 20 nitrogen and oxygen atoms in total. The molecule has 0 radical (unpaired) electrons. The lowest BCUT2D eigenvalue weighted by Gasteiger charge is -2.33. The number of urea groups is 2. The standard InChI is InChI=1S/2C26H31N9O/c2*1-17-11-23(27)31-18(2)21(17)12-28-24-22-15-35(32-25(22)30-16-29-24)14-20-7-5-19(6-8-20)13-34-10-4-9-33(3)26(34)36/h2*5-8,11,15-16H,4,9-10,12-14H2,1-3H3,(H2,27,31)(H,28,29,30,32). The molecule has 0 saturated carbocycles. The zero-order chi connectivity index (χ0) is 50.5. The molecular weight excluding hydrogens is 909 g/mol. The van der Waals surface area contributed by atoms with Gasteiger partial charge in [0.25, 0.3) is 0 Å². The molecule has 6 N–H and O–H groups in total. The van der Waals surface area contributed by atoms with E-state index in [9.17, 15) is 9.59 Å². The maximum Gasteiger partial charge on any atom is 0.320 e. The van der Waals surface area contributed by atoms with Crippen LogP contribution in [0.2, 0.25) is 0 Å². The third-order valence-corrected chi connectivity index (χ3v) is 13.3. The summed E-state index contributed by atoms with van der Waals surface area (Å²) in [5.41, 5.74) is 23.7. The number of nitrogens with one attached hydrogen (secondary N) is 2. The smallest absolute Gasteiger partial charge is 0.320 e. The Labute approximate surface area is 418 Å². The lowest BCUT2D eigenvalue weighted by atomic mass is 10.1. The minimum atomic E-state index is 0.0945. The molecule has 6 aromatic heterocycles. The predicted molar refractivity (Wildman–Crippen MR) is 279 cm³/mol. The first kappa shape index (κ1) is 48.6. The Morgan fingerprint density at radius 2 is 0.903 bits per heavy atom. The van der Waals surface area contributed by atoms with Crippen LogP contribution in [0.1, 0.15) is 68.7 Å². The highest BCUT2D eigenvalue weighted by atomic mass is 16.2. The van der Waals surface area contributed by atoms with Gasteiger partial charge in [-0.25, -0.2) is 39.5 Å². The fourth-order valence-electron chi connectivity index (χ4n) is 9.34. The van der Waals surface area contributed by atoms with Crippen LogP contribution in [0.4, 0.5) is 32.9 Å². The minimum Gasteiger partial charge on any atom is -0.384 e. The van der Waals surface area contributed by atoms with E-state index in [1.165, 1.54) is 12.7 Å². The number of aromatic nitrogens is 10. The number of nitrogens with two attached hydrogens (primary N) is 2. The highest BCUT2D eigenvalue weighted by molar-refractivity contribution is 5.86. The Balaban J connectivity index is 0.000000178. The number of carbonyl (C=O) groups excluding carboxylic acids is 2. The second-order valence-corrected chi connectivity index (χ2v) is 18.7. The molecule has 2 saturated heterocycles. The van der Waals surface area contributed by atoms with Crippen LogP contribution in [0.15, 0.2) is 85.7 Å². The molecule has 2 aliphatic rings. The van der Waals surface area contributed by atoms with Crippen molar-refractivity contribution >= 4 is 57.4 Å². The van der Waals surface area contributed by atoms with Gasteiger partial charge in [0, 0.05) is 90.2 Å². The molecule has 2 aliphatic heterocycles. The zero-order valence-electron chi connectivity index (χ0n) is 41.8. The third-order valence-electron chi connectivity index (χ3n) is 13.3. The molecule has 20 heteroatoms. The summed E-state index contributed by atoms with van der Waals surface area (Å²) in [5, 5.41) is 17.8. The summed E-state index contributed by atoms with van der Waals surface area (Å²) in [6.45, 7) is 14.9. The molecule has 72 heavy (non-hydrogen) atoms. The van der Waals surface area contributed by atoms with Crippen molar-refractivity contribution < 1.29 is 9.59 Å². The number of nitrogens with zero attached hydrogens (tertiary/aromatic N) is 14. The van der Waals surface area contributed by atoms with E-state index in [1.54, 1.807) is 9.80 Å². The van der Waals surface area contributed by atoms with Gasteiger partial charge in [0.15, 0.2) is 11.3 Å². The van der Waals surface area contributed by atoms with E-state index in [1.807, 2.05) is 85.5 Å². The molecule has 2 aromatic carbocycles. The summed E-state index contributed by atoms with van der Waals surface area (Å²) >= 11 is 0. The van der Waals surface area contributed by atoms with Gasteiger partial charge in [-0.3, -0.25) is 9.36 Å². The molecule has 10 rings (SSSR count). The van der Waals surface area contributed by atoms with Crippen molar-refractivity contribution in [3.8, 4) is 0 Å². The average Bonchev–Trinajstić information content (AvgIpc) is 3.97. The maximum absolute atomic E-state index is 12.3. The second kappa shape index (κ2) is 21.3. The largest absolute Gasteiger partial charge is 0.384 e. The SMILES string of the molecule is Cc1cc(N)nc(C)c1CNc1ncnc2nn(Cc3ccc(CN4CCCN(C)C4=O)cc3)cc12.Cc1cc(N)nc(C)c1CNc1ncnc2nn(Cc3ccc(CN4CCCN(C)C4=O)cc3)cc12. The van der Waals surface area contributed by atoms with Crippen molar-refractivity contribution in [3.05, 3.63) is 142 Å². The van der Waals surface area contributed by atoms with Crippen LogP contribution in [0.25, 0.3) is 22.1 Å². The van der Waals surface area contributed by atoms with Crippen molar-refractivity contribution in [2.75, 3.05) is 62.4 Å². The fourth-order valence-corrected chi connectivity index (χ4v) is 9.34. The number of anilines is 4. The van der Waals surface area contributed by atoms with Crippen LogP contribution in [0.3, 0.4) is 0 Å². The molecule has 0 bridgehead atoms. The number of hydrogen-bond donors (Lipinski definition) is 4. The molecular formula is C52H62N18O2. The quantitative estimate of drug-likeness (QED) is 0.0891. The molecule has 8 aromatic rings. The van der Waals surface area contributed by atoms with E-state index in [0.29, 0.717) is 62.2 Å². The monoisotopic (exact) mass is 971 g/mol. The summed E-state index contributed by atoms with van der Waals surface area (Å²) in [6, 6.07) is 20.6. The Morgan fingerprint density at radius 1 is 0.528 bits per heavy atom. The number of fused-ring (bicyclic) bond motifs is 2. The first-order valence-corrected chi connectivity index (χ1v) is 24.2. The summed E-state index contributed by atoms with van der Waals surface area (Å²) in [4.78, 5) is 58.4. The normalized spacial score (nSPS) is 14.0. The van der Waals surface area contributed by atoms with Crippen LogP contribution in [-0.4, -0.2) is 121 Å². The summed E-state index contributed by atoms with van der Waals surface area (Å²) in [5.74, 6) is 2.52. The lowest BCUT2D eigenvalue weighted by Crippen LogP contribution is -2.46. The van der Waals surface area contributed by atoms with Gasteiger partial charge in [-0.1, -0.05) is 48.5 Å². The predicted octanol–water partition coefficient (Wildman–Crippen LogP) is 6.68. The fraction of sp³-hybridized carbons (Fsp3) is 0.346. The Morgan fingerprint density at radius 3 is 1.28 bits per heavy atom. The van der Waals surface area contributed by atoms with Crippen LogP contribution in [0, 0.1) is 27.7 Å². The van der Waals surface area contributed by atoms with Crippen molar-refractivity contribution in [2.24, 2.45) is 0 Å². The van der Waals surface area contributed by atoms with Gasteiger partial charge >= 0.3 is 12.1 Å². The molecule has 0 atom stereocenters. The number of hydrogen-bond acceptors (Lipinski definition) is 14. The van der Waals surface area contributed by atoms with E-state index in [2.05, 4.69) is 99.3 Å². The van der Waals surface area contributed by atoms with Crippen LogP contribution < -0.4 is 22.1 Å². The first-order valence-electron chi connectivity index (χ1n) is 24.2. The number of nitrogen functional groups attached to an aromatic ring is 2. The summed E-state index contributed by atoms with van der Waals surface area (Å²) in [7, 11) is 3.71. The van der Waals surface area contributed by atoms with Crippen LogP contribution in [-0.2, 0) is 39.3 Å². The van der Waals surface area contributed by atoms with Gasteiger partial charge in [-0.15, -0.1) is 0 Å². The van der Waals surface area contributed by atoms with Gasteiger partial charge in [-0.05, 0) is 97.2 Å². The maximum atomic E-state index is 12.3. The van der Waals surface area contributed by atoms with E-state index >= 15 is 0 Å². The Kier molecular flexibility index (Phi) is 14.4. The van der Waals surface area contributed by atoms with Crippen molar-refractivity contribution in [1.82, 2.24) is 69.1 Å². The second-order valence-electron chi connectivity index (χ2n) is 18.7. The third kappa shape index (κ3) is 11.3. The number of aryl methyl sites for hydroxylation is 4. The van der Waals surface area contributed by atoms with E-state index in [0.717, 1.165) is 117 Å². The minimum absolute atomic E-state index is 0.0945. The zero-order valence-corrected chi connectivity index (χ0v) is 41.8. The van der Waals surface area contributed by atoms with Crippen molar-refractivity contribution in [1.29, 1.82) is 0 Å². The number of benzene rings is 2. The van der Waals surface area contributed by atoms with E-state index < -0.39 is 0 Å². The van der Waals surface area contributed by atoms with E-state index in [4.69, 9.17) is 11.5 Å². The average molecular weight is 971 g/mol. The van der Waals surface area contributed by atoms with Crippen LogP contribution >= 0.6 is 0 Å². The van der Waals surface area contributed by atoms with Gasteiger partial charge < -0.3 is 41.7 Å². The summed E-state index contributed by atoms with van der Waals surface area (Å²) < 4.78 is 3.76. The molecule has 2 fully saturated rings. The highest BCUT2D eigenvalue weighted by Crippen LogP contribution is 2.24. The van der Waals surface area contributed by atoms with Gasteiger partial charge in [-0.2, -0.15) is 10.2 Å². The lowest BCUT2D eigenvalue weighted by molar-refractivity contribution is 0.138. The molecule has 372 valence electrons. The molecule has 8 heterocycles. The van der Waals surface area contributed by atoms with Crippen molar-refractivity contribution in [2.45, 2.75) is 79.8 Å². The summed E-state index contributed by atoms with van der Waals surface area (Å²) in [6.07, 6.45) is 8.99. The topological polar surface area (TPSA) is 236 Å². The number of carbonyl (C=O) groups is 2. The molecule has 0 spiro atoms. The number of rotatable bonds is 14. The van der Waals surface area contributed by atoms with Gasteiger partial charge in [0.1, 0.15) is 35.9 Å². The number of amides is 4. The van der Waals surface area contributed by atoms with E-state index in [-0.39, 0.29) is 12.1 Å². The first-order chi connectivity index (χ1) is 34.7. The van der Waals surface area contributed by atoms with Crippen LogP contribution in [0.5, 0.6) is 0 Å². The van der Waals surface area contributed by atoms with Gasteiger partial charge in [0.2, 0.25) is 0 Å². The number of pyridine rings is 2. The molecule has 4 amide bonds. The highest BCUT2D eigenvalue weighted by Gasteiger charge is 2.24. The molecule has 0 unspecified atom stereocenters. The Hall–Kier alpha value is -8.42.